The maximum absolute atomic E-state index is 11.9. The first-order chi connectivity index (χ1) is 7.42. The van der Waals surface area contributed by atoms with Crippen LogP contribution in [0.4, 0.5) is 4.79 Å². The van der Waals surface area contributed by atoms with Gasteiger partial charge in [0.05, 0.1) is 0 Å². The molecule has 92 valence electrons. The second-order valence-electron chi connectivity index (χ2n) is 5.87. The van der Waals surface area contributed by atoms with E-state index < -0.39 is 5.60 Å². The van der Waals surface area contributed by atoms with Crippen molar-refractivity contribution < 1.29 is 14.6 Å². The van der Waals surface area contributed by atoms with E-state index in [0.717, 1.165) is 19.4 Å². The van der Waals surface area contributed by atoms with Crippen LogP contribution in [0, 0.1) is 11.8 Å². The molecule has 1 aliphatic carbocycles. The molecule has 1 heterocycles. The number of rotatable bonds is 1. The van der Waals surface area contributed by atoms with E-state index in [9.17, 15) is 4.79 Å². The quantitative estimate of drug-likeness (QED) is 0.740. The molecule has 0 aromatic rings. The molecule has 1 N–H and O–H groups in total. The van der Waals surface area contributed by atoms with Crippen molar-refractivity contribution >= 4 is 6.09 Å². The minimum atomic E-state index is -0.421. The zero-order valence-electron chi connectivity index (χ0n) is 10.3. The Kier molecular flexibility index (Phi) is 2.86. The van der Waals surface area contributed by atoms with Crippen LogP contribution < -0.4 is 0 Å². The van der Waals surface area contributed by atoms with Gasteiger partial charge >= 0.3 is 6.09 Å². The van der Waals surface area contributed by atoms with Gasteiger partial charge < -0.3 is 14.7 Å². The van der Waals surface area contributed by atoms with E-state index in [-0.39, 0.29) is 12.7 Å². The van der Waals surface area contributed by atoms with E-state index in [0.29, 0.717) is 17.9 Å². The first kappa shape index (κ1) is 11.7. The van der Waals surface area contributed by atoms with Gasteiger partial charge in [0.25, 0.3) is 0 Å². The number of hydrogen-bond acceptors (Lipinski definition) is 3. The predicted molar refractivity (Wildman–Crippen MR) is 60.0 cm³/mol. The average Bonchev–Trinajstić information content (AvgIpc) is 2.41. The summed E-state index contributed by atoms with van der Waals surface area (Å²) in [5.41, 5.74) is -0.421. The van der Waals surface area contributed by atoms with Gasteiger partial charge in [-0.1, -0.05) is 0 Å². The van der Waals surface area contributed by atoms with E-state index in [1.807, 2.05) is 25.7 Å². The first-order valence-electron chi connectivity index (χ1n) is 6.03. The van der Waals surface area contributed by atoms with Crippen LogP contribution in [-0.2, 0) is 4.74 Å². The number of nitrogens with zero attached hydrogens (tertiary/aromatic N) is 1. The van der Waals surface area contributed by atoms with Crippen molar-refractivity contribution in [3.63, 3.8) is 0 Å². The summed E-state index contributed by atoms with van der Waals surface area (Å²) in [7, 11) is 0. The topological polar surface area (TPSA) is 49.8 Å². The molecule has 2 aliphatic rings. The Balaban J connectivity index is 1.91. The van der Waals surface area contributed by atoms with Gasteiger partial charge in [-0.3, -0.25) is 0 Å². The van der Waals surface area contributed by atoms with Crippen LogP contribution in [0.15, 0.2) is 0 Å². The summed E-state index contributed by atoms with van der Waals surface area (Å²) in [4.78, 5) is 13.7. The Hall–Kier alpha value is -0.770. The number of ether oxygens (including phenoxy) is 1. The van der Waals surface area contributed by atoms with Gasteiger partial charge in [0.1, 0.15) is 5.60 Å². The Morgan fingerprint density at radius 3 is 2.75 bits per heavy atom. The summed E-state index contributed by atoms with van der Waals surface area (Å²) in [6.07, 6.45) is 1.74. The summed E-state index contributed by atoms with van der Waals surface area (Å²) in [5.74, 6) is 0.898. The van der Waals surface area contributed by atoms with E-state index in [4.69, 9.17) is 9.84 Å². The van der Waals surface area contributed by atoms with Crippen molar-refractivity contribution in [3.8, 4) is 0 Å². The third-order valence-corrected chi connectivity index (χ3v) is 3.61. The minimum Gasteiger partial charge on any atom is -0.444 e. The monoisotopic (exact) mass is 227 g/mol. The van der Waals surface area contributed by atoms with E-state index in [2.05, 4.69) is 0 Å². The van der Waals surface area contributed by atoms with Crippen molar-refractivity contribution in [1.82, 2.24) is 4.90 Å². The van der Waals surface area contributed by atoms with Gasteiger partial charge in [0.15, 0.2) is 0 Å². The van der Waals surface area contributed by atoms with Crippen LogP contribution in [0.2, 0.25) is 0 Å². The summed E-state index contributed by atoms with van der Waals surface area (Å²) < 4.78 is 5.37. The predicted octanol–water partition coefficient (Wildman–Crippen LogP) is 1.62. The Morgan fingerprint density at radius 1 is 1.50 bits per heavy atom. The fraction of sp³-hybridized carbons (Fsp3) is 0.917. The molecule has 0 aromatic heterocycles. The fourth-order valence-corrected chi connectivity index (χ4v) is 2.78. The van der Waals surface area contributed by atoms with Crippen molar-refractivity contribution in [3.05, 3.63) is 0 Å². The number of likely N-dealkylation sites (tertiary alicyclic amines) is 1. The number of carbonyl (C=O) groups is 1. The summed E-state index contributed by atoms with van der Waals surface area (Å²) in [6, 6.07) is 0.312. The van der Waals surface area contributed by atoms with Crippen LogP contribution in [0.1, 0.15) is 33.6 Å². The molecule has 1 amide bonds. The minimum absolute atomic E-state index is 0.198. The van der Waals surface area contributed by atoms with Gasteiger partial charge in [-0.2, -0.15) is 0 Å². The maximum Gasteiger partial charge on any atom is 0.410 e. The maximum atomic E-state index is 11.9. The molecule has 0 aromatic carbocycles. The molecular weight excluding hydrogens is 206 g/mol. The largest absolute Gasteiger partial charge is 0.444 e. The lowest BCUT2D eigenvalue weighted by molar-refractivity contribution is -0.00713. The molecule has 0 radical (unpaired) electrons. The number of hydrogen-bond donors (Lipinski definition) is 1. The number of aliphatic hydroxyl groups is 1. The van der Waals surface area contributed by atoms with E-state index >= 15 is 0 Å². The van der Waals surface area contributed by atoms with Crippen molar-refractivity contribution in [1.29, 1.82) is 0 Å². The molecule has 3 unspecified atom stereocenters. The van der Waals surface area contributed by atoms with Crippen LogP contribution in [0.5, 0.6) is 0 Å². The molecule has 1 saturated carbocycles. The molecule has 2 fully saturated rings. The van der Waals surface area contributed by atoms with Gasteiger partial charge in [-0.15, -0.1) is 0 Å². The third kappa shape index (κ3) is 2.03. The van der Waals surface area contributed by atoms with Crippen molar-refractivity contribution in [2.45, 2.75) is 45.3 Å². The lowest BCUT2D eigenvalue weighted by Gasteiger charge is -2.42. The Labute approximate surface area is 96.6 Å². The smallest absolute Gasteiger partial charge is 0.410 e. The standard InChI is InChI=1S/C12H21NO3/c1-12(2,3)16-11(15)13-5-4-9-8(7-14)6-10(9)13/h8-10,14H,4-7H2,1-3H3. The second kappa shape index (κ2) is 3.91. The third-order valence-electron chi connectivity index (χ3n) is 3.61. The lowest BCUT2D eigenvalue weighted by Crippen LogP contribution is -2.50. The fourth-order valence-electron chi connectivity index (χ4n) is 2.78. The second-order valence-corrected chi connectivity index (χ2v) is 5.87. The molecular formula is C12H21NO3. The zero-order valence-corrected chi connectivity index (χ0v) is 10.3. The van der Waals surface area contributed by atoms with Crippen LogP contribution in [0.25, 0.3) is 0 Å². The SMILES string of the molecule is CC(C)(C)OC(=O)N1CCC2C(CO)CC21. The molecule has 1 saturated heterocycles. The van der Waals surface area contributed by atoms with Gasteiger partial charge in [0, 0.05) is 19.2 Å². The summed E-state index contributed by atoms with van der Waals surface area (Å²) in [6.45, 7) is 6.69. The number of aliphatic hydroxyl groups excluding tert-OH is 1. The Morgan fingerprint density at radius 2 is 2.19 bits per heavy atom. The van der Waals surface area contributed by atoms with Crippen LogP contribution in [-0.4, -0.2) is 40.9 Å². The highest BCUT2D eigenvalue weighted by Crippen LogP contribution is 2.45. The molecule has 1 aliphatic heterocycles. The number of amides is 1. The number of carbonyl (C=O) groups excluding carboxylic acids is 1. The highest BCUT2D eigenvalue weighted by molar-refractivity contribution is 5.69. The average molecular weight is 227 g/mol. The van der Waals surface area contributed by atoms with Crippen molar-refractivity contribution in [2.75, 3.05) is 13.2 Å². The molecule has 2 rings (SSSR count). The van der Waals surface area contributed by atoms with Crippen LogP contribution in [0.3, 0.4) is 0 Å². The van der Waals surface area contributed by atoms with E-state index in [1.54, 1.807) is 0 Å². The molecule has 4 heteroatoms. The molecule has 16 heavy (non-hydrogen) atoms. The number of fused-ring (bicyclic) bond motifs is 1. The van der Waals surface area contributed by atoms with Crippen LogP contribution >= 0.6 is 0 Å². The molecule has 4 nitrogen and oxygen atoms in total. The summed E-state index contributed by atoms with van der Waals surface area (Å²) in [5, 5.41) is 9.11. The van der Waals surface area contributed by atoms with Gasteiger partial charge in [0.2, 0.25) is 0 Å². The van der Waals surface area contributed by atoms with Gasteiger partial charge in [-0.05, 0) is 45.4 Å². The molecule has 0 spiro atoms. The van der Waals surface area contributed by atoms with Crippen molar-refractivity contribution in [2.24, 2.45) is 11.8 Å². The summed E-state index contributed by atoms with van der Waals surface area (Å²) >= 11 is 0. The lowest BCUT2D eigenvalue weighted by atomic mass is 9.70. The normalized spacial score (nSPS) is 33.2. The molecule has 3 atom stereocenters. The highest BCUT2D eigenvalue weighted by Gasteiger charge is 2.50. The Bertz CT molecular complexity index is 284. The zero-order chi connectivity index (χ0) is 11.9. The first-order valence-corrected chi connectivity index (χ1v) is 6.03. The highest BCUT2D eigenvalue weighted by atomic mass is 16.6. The van der Waals surface area contributed by atoms with Gasteiger partial charge in [-0.25, -0.2) is 4.79 Å². The molecule has 0 bridgehead atoms. The van der Waals surface area contributed by atoms with E-state index in [1.165, 1.54) is 0 Å².